The Hall–Kier alpha value is -2.53. The fourth-order valence-corrected chi connectivity index (χ4v) is 4.53. The highest BCUT2D eigenvalue weighted by Crippen LogP contribution is 2.42. The van der Waals surface area contributed by atoms with E-state index in [1.807, 2.05) is 62.4 Å². The molecular weight excluding hydrogens is 437 g/mol. The summed E-state index contributed by atoms with van der Waals surface area (Å²) in [6.07, 6.45) is 0. The lowest BCUT2D eigenvalue weighted by atomic mass is 10.0. The van der Waals surface area contributed by atoms with Crippen LogP contribution in [-0.4, -0.2) is 11.8 Å². The van der Waals surface area contributed by atoms with E-state index in [0.29, 0.717) is 21.2 Å². The minimum atomic E-state index is -0.375. The molecule has 0 atom stereocenters. The highest BCUT2D eigenvalue weighted by atomic mass is 35.5. The van der Waals surface area contributed by atoms with Crippen molar-refractivity contribution in [3.63, 3.8) is 0 Å². The van der Waals surface area contributed by atoms with Crippen LogP contribution >= 0.6 is 35.0 Å². The zero-order valence-corrected chi connectivity index (χ0v) is 18.6. The van der Waals surface area contributed by atoms with Gasteiger partial charge in [0.15, 0.2) is 0 Å². The molecule has 3 aromatic carbocycles. The first-order valence-corrected chi connectivity index (χ1v) is 10.8. The van der Waals surface area contributed by atoms with E-state index in [1.54, 1.807) is 12.1 Å². The summed E-state index contributed by atoms with van der Waals surface area (Å²) in [7, 11) is 0. The molecule has 2 amide bonds. The Bertz CT molecular complexity index is 1210. The van der Waals surface area contributed by atoms with E-state index < -0.39 is 0 Å². The Kier molecular flexibility index (Phi) is 5.74. The molecule has 1 aliphatic heterocycles. The van der Waals surface area contributed by atoms with Gasteiger partial charge in [-0.1, -0.05) is 71.4 Å². The Labute approximate surface area is 189 Å². The van der Waals surface area contributed by atoms with Gasteiger partial charge in [-0.2, -0.15) is 0 Å². The van der Waals surface area contributed by atoms with Gasteiger partial charge in [-0.05, 0) is 60.9 Å². The Morgan fingerprint density at radius 3 is 2.17 bits per heavy atom. The lowest BCUT2D eigenvalue weighted by Gasteiger charge is -2.16. The maximum Gasteiger partial charge on any atom is 0.272 e. The summed E-state index contributed by atoms with van der Waals surface area (Å²) in [6, 6.07) is 20.1. The van der Waals surface area contributed by atoms with Crippen molar-refractivity contribution in [2.75, 3.05) is 4.90 Å². The second kappa shape index (κ2) is 8.31. The van der Waals surface area contributed by atoms with E-state index in [2.05, 4.69) is 0 Å². The molecule has 30 heavy (non-hydrogen) atoms. The van der Waals surface area contributed by atoms with Crippen LogP contribution in [-0.2, 0) is 9.59 Å². The average Bonchev–Trinajstić information content (AvgIpc) is 2.97. The normalized spacial score (nSPS) is 14.1. The van der Waals surface area contributed by atoms with Crippen molar-refractivity contribution in [3.05, 3.63) is 98.4 Å². The molecule has 0 aromatic heterocycles. The SMILES string of the molecule is Cc1ccc(C2=C(Sc3ccccc3)C(=O)N(c3ccc(Cl)c(Cl)c3)C2=O)cc1C. The maximum absolute atomic E-state index is 13.5. The number of carbonyl (C=O) groups is 2. The largest absolute Gasteiger partial charge is 0.272 e. The van der Waals surface area contributed by atoms with Crippen LogP contribution in [0.15, 0.2) is 76.5 Å². The number of aryl methyl sites for hydroxylation is 2. The zero-order valence-electron chi connectivity index (χ0n) is 16.3. The monoisotopic (exact) mass is 453 g/mol. The first kappa shape index (κ1) is 20.7. The molecule has 0 fully saturated rings. The molecule has 0 N–H and O–H groups in total. The van der Waals surface area contributed by atoms with E-state index >= 15 is 0 Å². The molecule has 4 rings (SSSR count). The molecule has 0 unspecified atom stereocenters. The van der Waals surface area contributed by atoms with Crippen molar-refractivity contribution in [3.8, 4) is 0 Å². The fraction of sp³-hybridized carbons (Fsp3) is 0.0833. The van der Waals surface area contributed by atoms with Crippen LogP contribution < -0.4 is 4.90 Å². The number of imide groups is 1. The van der Waals surface area contributed by atoms with E-state index in [-0.39, 0.29) is 16.8 Å². The smallest absolute Gasteiger partial charge is 0.268 e. The number of thioether (sulfide) groups is 1. The van der Waals surface area contributed by atoms with Crippen molar-refractivity contribution in [1.29, 1.82) is 0 Å². The van der Waals surface area contributed by atoms with Crippen molar-refractivity contribution >= 4 is 58.0 Å². The summed E-state index contributed by atoms with van der Waals surface area (Å²) < 4.78 is 0. The molecule has 3 nitrogen and oxygen atoms in total. The Balaban J connectivity index is 1.85. The van der Waals surface area contributed by atoms with Crippen molar-refractivity contribution < 1.29 is 9.59 Å². The lowest BCUT2D eigenvalue weighted by Crippen LogP contribution is -2.31. The number of hydrogen-bond donors (Lipinski definition) is 0. The van der Waals surface area contributed by atoms with E-state index in [4.69, 9.17) is 23.2 Å². The molecule has 0 saturated carbocycles. The van der Waals surface area contributed by atoms with Gasteiger partial charge in [-0.3, -0.25) is 9.59 Å². The number of anilines is 1. The second-order valence-electron chi connectivity index (χ2n) is 6.96. The zero-order chi connectivity index (χ0) is 21.4. The lowest BCUT2D eigenvalue weighted by molar-refractivity contribution is -0.119. The number of amides is 2. The van der Waals surface area contributed by atoms with Crippen molar-refractivity contribution in [2.24, 2.45) is 0 Å². The Morgan fingerprint density at radius 2 is 1.50 bits per heavy atom. The predicted molar refractivity (Wildman–Crippen MR) is 124 cm³/mol. The minimum Gasteiger partial charge on any atom is -0.268 e. The van der Waals surface area contributed by atoms with Gasteiger partial charge in [0.2, 0.25) is 0 Å². The number of benzene rings is 3. The summed E-state index contributed by atoms with van der Waals surface area (Å²) in [5.41, 5.74) is 3.68. The molecule has 0 saturated heterocycles. The first-order chi connectivity index (χ1) is 14.4. The Morgan fingerprint density at radius 1 is 0.767 bits per heavy atom. The summed E-state index contributed by atoms with van der Waals surface area (Å²) in [5, 5.41) is 0.646. The summed E-state index contributed by atoms with van der Waals surface area (Å²) in [5.74, 6) is -0.749. The van der Waals surface area contributed by atoms with Crippen molar-refractivity contribution in [1.82, 2.24) is 0 Å². The number of nitrogens with zero attached hydrogens (tertiary/aromatic N) is 1. The molecular formula is C24H17Cl2NO2S. The number of carbonyl (C=O) groups excluding carboxylic acids is 2. The van der Waals surface area contributed by atoms with Crippen LogP contribution in [0.4, 0.5) is 5.69 Å². The van der Waals surface area contributed by atoms with Crippen LogP contribution in [0.3, 0.4) is 0 Å². The highest BCUT2D eigenvalue weighted by molar-refractivity contribution is 8.04. The van der Waals surface area contributed by atoms with Crippen LogP contribution in [0, 0.1) is 13.8 Å². The summed E-state index contributed by atoms with van der Waals surface area (Å²) >= 11 is 13.5. The molecule has 0 bridgehead atoms. The molecule has 3 aromatic rings. The quantitative estimate of drug-likeness (QED) is 0.413. The third-order valence-corrected chi connectivity index (χ3v) is 6.79. The van der Waals surface area contributed by atoms with Gasteiger partial charge in [-0.25, -0.2) is 4.90 Å². The number of rotatable bonds is 4. The first-order valence-electron chi connectivity index (χ1n) is 9.25. The highest BCUT2D eigenvalue weighted by Gasteiger charge is 2.40. The molecule has 0 radical (unpaired) electrons. The summed E-state index contributed by atoms with van der Waals surface area (Å²) in [6.45, 7) is 4.00. The van der Waals surface area contributed by atoms with Crippen LogP contribution in [0.5, 0.6) is 0 Å². The molecule has 150 valence electrons. The van der Waals surface area contributed by atoms with E-state index in [9.17, 15) is 9.59 Å². The molecule has 6 heteroatoms. The van der Waals surface area contributed by atoms with Gasteiger partial charge in [0.05, 0.1) is 26.2 Å². The molecule has 1 heterocycles. The average molecular weight is 454 g/mol. The molecule has 1 aliphatic rings. The predicted octanol–water partition coefficient (Wildman–Crippen LogP) is 6.69. The van der Waals surface area contributed by atoms with Gasteiger partial charge >= 0.3 is 0 Å². The number of hydrogen-bond acceptors (Lipinski definition) is 3. The third-order valence-electron chi connectivity index (χ3n) is 4.96. The van der Waals surface area contributed by atoms with Gasteiger partial charge in [0.1, 0.15) is 0 Å². The molecule has 0 aliphatic carbocycles. The van der Waals surface area contributed by atoms with E-state index in [1.165, 1.54) is 17.8 Å². The van der Waals surface area contributed by atoms with Gasteiger partial charge < -0.3 is 0 Å². The van der Waals surface area contributed by atoms with Crippen LogP contribution in [0.2, 0.25) is 10.0 Å². The van der Waals surface area contributed by atoms with Crippen LogP contribution in [0.25, 0.3) is 5.57 Å². The van der Waals surface area contributed by atoms with Gasteiger partial charge in [0.25, 0.3) is 11.8 Å². The van der Waals surface area contributed by atoms with Gasteiger partial charge in [0, 0.05) is 4.90 Å². The fourth-order valence-electron chi connectivity index (χ4n) is 3.22. The standard InChI is InChI=1S/C24H17Cl2NO2S/c1-14-8-9-16(12-15(14)2)21-22(30-18-6-4-3-5-7-18)24(29)27(23(21)28)17-10-11-19(25)20(26)13-17/h3-13H,1-2H3. The number of halogens is 2. The van der Waals surface area contributed by atoms with Crippen molar-refractivity contribution in [2.45, 2.75) is 18.7 Å². The third kappa shape index (κ3) is 3.79. The molecule has 0 spiro atoms. The minimum absolute atomic E-state index is 0.284. The van der Waals surface area contributed by atoms with Gasteiger partial charge in [-0.15, -0.1) is 0 Å². The topological polar surface area (TPSA) is 37.4 Å². The second-order valence-corrected chi connectivity index (χ2v) is 8.86. The summed E-state index contributed by atoms with van der Waals surface area (Å²) in [4.78, 5) is 29.3. The van der Waals surface area contributed by atoms with Crippen LogP contribution in [0.1, 0.15) is 16.7 Å². The maximum atomic E-state index is 13.5. The van der Waals surface area contributed by atoms with E-state index in [0.717, 1.165) is 26.5 Å².